The molecule has 14 nitrogen and oxygen atoms in total. The van der Waals surface area contributed by atoms with Crippen LogP contribution < -0.4 is 27.0 Å². The van der Waals surface area contributed by atoms with Gasteiger partial charge < -0.3 is 35.8 Å². The zero-order valence-electron chi connectivity index (χ0n) is 33.6. The van der Waals surface area contributed by atoms with E-state index in [1.165, 1.54) is 6.42 Å². The fraction of sp³-hybridized carbons (Fsp3) is 0.732. The van der Waals surface area contributed by atoms with Gasteiger partial charge in [-0.2, -0.15) is 5.26 Å². The van der Waals surface area contributed by atoms with E-state index >= 15 is 0 Å². The number of aliphatic imine (C=N–C) groups is 1. The fourth-order valence-corrected chi connectivity index (χ4v) is 7.70. The summed E-state index contributed by atoms with van der Waals surface area (Å²) in [5, 5.41) is 32.4. The number of hydrogen-bond acceptors (Lipinski definition) is 9. The van der Waals surface area contributed by atoms with E-state index in [2.05, 4.69) is 33.2 Å². The highest BCUT2D eigenvalue weighted by Crippen LogP contribution is 2.30. The maximum absolute atomic E-state index is 14.4. The Morgan fingerprint density at radius 2 is 1.76 bits per heavy atom. The molecule has 2 aliphatic rings. The Morgan fingerprint density at radius 1 is 1.05 bits per heavy atom. The smallest absolute Gasteiger partial charge is 0.240 e. The lowest BCUT2D eigenvalue weighted by Gasteiger charge is -2.36. The Labute approximate surface area is 328 Å². The Bertz CT molecular complexity index is 1340. The van der Waals surface area contributed by atoms with Gasteiger partial charge >= 0.3 is 0 Å². The molecule has 0 spiro atoms. The summed E-state index contributed by atoms with van der Waals surface area (Å²) < 4.78 is 10.8. The van der Waals surface area contributed by atoms with E-state index in [1.807, 2.05) is 49.1 Å². The van der Waals surface area contributed by atoms with Gasteiger partial charge in [-0.15, -0.1) is 0 Å². The molecule has 3 rings (SSSR count). The third-order valence-corrected chi connectivity index (χ3v) is 10.9. The molecule has 1 saturated carbocycles. The van der Waals surface area contributed by atoms with Gasteiger partial charge in [-0.1, -0.05) is 96.0 Å². The Balaban J connectivity index is 1.79. The van der Waals surface area contributed by atoms with E-state index in [4.69, 9.17) is 20.5 Å². The van der Waals surface area contributed by atoms with Crippen LogP contribution in [0.1, 0.15) is 103 Å². The maximum atomic E-state index is 14.4. The van der Waals surface area contributed by atoms with E-state index in [1.54, 1.807) is 13.3 Å². The molecule has 0 bridgehead atoms. The van der Waals surface area contributed by atoms with Crippen molar-refractivity contribution in [3.05, 3.63) is 35.9 Å². The number of carbonyl (C=O) groups is 3. The maximum Gasteiger partial charge on any atom is 0.240 e. The monoisotopic (exact) mass is 769 g/mol. The van der Waals surface area contributed by atoms with Crippen molar-refractivity contribution in [1.29, 1.82) is 5.26 Å². The summed E-state index contributed by atoms with van der Waals surface area (Å²) in [4.78, 5) is 47.9. The van der Waals surface area contributed by atoms with Crippen molar-refractivity contribution in [1.82, 2.24) is 26.2 Å². The molecule has 1 aliphatic heterocycles. The predicted octanol–water partition coefficient (Wildman–Crippen LogP) is 3.34. The van der Waals surface area contributed by atoms with Crippen LogP contribution in [0.3, 0.4) is 0 Å². The van der Waals surface area contributed by atoms with Crippen LogP contribution in [0.15, 0.2) is 35.3 Å². The van der Waals surface area contributed by atoms with Gasteiger partial charge in [-0.25, -0.2) is 0 Å². The number of likely N-dealkylation sites (tertiary alicyclic amines) is 1. The van der Waals surface area contributed by atoms with Crippen molar-refractivity contribution in [3.8, 4) is 6.19 Å². The van der Waals surface area contributed by atoms with Gasteiger partial charge in [0.05, 0.1) is 36.9 Å². The SMILES string of the molecule is CCCC[C@H](N[C@@H](Cc1ccccc1)C(=O)N1CCC(OCOC)CC1)C(=O)N[C@@H](CC1CCCCC1)[C@@H](O)C[C@H](C(=O)NCCN=C(N)NC#N)C(C)C. The van der Waals surface area contributed by atoms with Crippen molar-refractivity contribution in [2.45, 2.75) is 135 Å². The topological polar surface area (TPSA) is 203 Å². The van der Waals surface area contributed by atoms with E-state index in [9.17, 15) is 19.5 Å². The number of carbonyl (C=O) groups excluding carboxylic acids is 3. The predicted molar refractivity (Wildman–Crippen MR) is 213 cm³/mol. The summed E-state index contributed by atoms with van der Waals surface area (Å²) in [6.07, 6.45) is 11.1. The van der Waals surface area contributed by atoms with Gasteiger partial charge in [0.15, 0.2) is 6.19 Å². The molecule has 1 aromatic rings. The first-order chi connectivity index (χ1) is 26.6. The number of nitrogens with one attached hydrogen (secondary N) is 4. The number of unbranched alkanes of at least 4 members (excludes halogenated alkanes) is 1. The minimum Gasteiger partial charge on any atom is -0.391 e. The number of aliphatic hydroxyl groups is 1. The number of nitriles is 1. The van der Waals surface area contributed by atoms with Crippen molar-refractivity contribution in [2.24, 2.45) is 28.5 Å². The number of amides is 3. The molecule has 5 atom stereocenters. The first-order valence-electron chi connectivity index (χ1n) is 20.5. The summed E-state index contributed by atoms with van der Waals surface area (Å²) in [6.45, 7) is 7.74. The van der Waals surface area contributed by atoms with E-state index in [0.717, 1.165) is 44.1 Å². The Morgan fingerprint density at radius 3 is 2.40 bits per heavy atom. The third kappa shape index (κ3) is 16.5. The Kier molecular flexibility index (Phi) is 21.1. The number of hydrogen-bond donors (Lipinski definition) is 6. The first kappa shape index (κ1) is 45.6. The molecule has 0 unspecified atom stereocenters. The number of rotatable bonds is 23. The highest BCUT2D eigenvalue weighted by atomic mass is 16.7. The van der Waals surface area contributed by atoms with Crippen LogP contribution >= 0.6 is 0 Å². The fourth-order valence-electron chi connectivity index (χ4n) is 7.70. The molecular weight excluding hydrogens is 701 g/mol. The zero-order valence-corrected chi connectivity index (χ0v) is 33.6. The molecule has 55 heavy (non-hydrogen) atoms. The normalized spacial score (nSPS) is 18.5. The molecule has 0 radical (unpaired) electrons. The lowest BCUT2D eigenvalue weighted by Crippen LogP contribution is -2.58. The molecule has 3 amide bonds. The number of nitrogens with zero attached hydrogens (tertiary/aromatic N) is 3. The lowest BCUT2D eigenvalue weighted by atomic mass is 9.81. The summed E-state index contributed by atoms with van der Waals surface area (Å²) >= 11 is 0. The van der Waals surface area contributed by atoms with Gasteiger partial charge in [0.2, 0.25) is 23.7 Å². The standard InChI is InChI=1S/C41H68N8O6/c1-5-6-17-34(47-36(25-31-15-11-8-12-16-31)40(53)49-22-18-32(19-23-49)55-28-54-4)39(52)48-35(24-30-13-9-7-10-14-30)37(50)26-33(29(2)3)38(51)44-20-21-45-41(43)46-27-42/h8,11-12,15-16,29-30,32-37,47,50H,5-7,9-10,13-14,17-26,28H2,1-4H3,(H,44,51)(H,48,52)(H3,43,45,46)/t33-,34-,35-,36-,37-/m0/s1. The Hall–Kier alpha value is -3.77. The molecule has 1 aliphatic carbocycles. The van der Waals surface area contributed by atoms with Gasteiger partial charge in [-0.3, -0.25) is 30.0 Å². The van der Waals surface area contributed by atoms with Crippen LogP contribution in [0.2, 0.25) is 0 Å². The van der Waals surface area contributed by atoms with Crippen LogP contribution in [0, 0.1) is 29.2 Å². The third-order valence-electron chi connectivity index (χ3n) is 10.9. The zero-order chi connectivity index (χ0) is 40.0. The molecule has 1 saturated heterocycles. The highest BCUT2D eigenvalue weighted by molar-refractivity contribution is 5.86. The van der Waals surface area contributed by atoms with E-state index in [-0.39, 0.29) is 62.0 Å². The number of guanidine groups is 1. The van der Waals surface area contributed by atoms with Gasteiger partial charge in [0, 0.05) is 32.7 Å². The number of ether oxygens (including phenoxy) is 2. The lowest BCUT2D eigenvalue weighted by molar-refractivity contribution is -0.139. The molecular formula is C41H68N8O6. The summed E-state index contributed by atoms with van der Waals surface area (Å²) in [5.41, 5.74) is 6.60. The van der Waals surface area contributed by atoms with Gasteiger partial charge in [0.1, 0.15) is 6.79 Å². The number of aliphatic hydroxyl groups excluding tert-OH is 1. The number of nitrogens with two attached hydrogens (primary N) is 1. The van der Waals surface area contributed by atoms with Crippen LogP contribution in [0.5, 0.6) is 0 Å². The number of benzene rings is 1. The quantitative estimate of drug-likeness (QED) is 0.0239. The molecule has 308 valence electrons. The van der Waals surface area contributed by atoms with Crippen molar-refractivity contribution in [2.75, 3.05) is 40.1 Å². The highest BCUT2D eigenvalue weighted by Gasteiger charge is 2.35. The molecule has 2 fully saturated rings. The van der Waals surface area contributed by atoms with Crippen molar-refractivity contribution >= 4 is 23.7 Å². The first-order valence-corrected chi connectivity index (χ1v) is 20.5. The minimum atomic E-state index is -0.965. The van der Waals surface area contributed by atoms with Crippen molar-refractivity contribution in [3.63, 3.8) is 0 Å². The second-order valence-corrected chi connectivity index (χ2v) is 15.5. The van der Waals surface area contributed by atoms with Crippen LogP contribution in [-0.2, 0) is 30.3 Å². The number of methoxy groups -OCH3 is 1. The second-order valence-electron chi connectivity index (χ2n) is 15.5. The average Bonchev–Trinajstić information content (AvgIpc) is 3.19. The molecule has 14 heteroatoms. The van der Waals surface area contributed by atoms with Crippen LogP contribution in [-0.4, -0.2) is 104 Å². The molecule has 7 N–H and O–H groups in total. The summed E-state index contributed by atoms with van der Waals surface area (Å²) in [7, 11) is 1.60. The van der Waals surface area contributed by atoms with Gasteiger partial charge in [-0.05, 0) is 55.9 Å². The van der Waals surface area contributed by atoms with Gasteiger partial charge in [0.25, 0.3) is 0 Å². The largest absolute Gasteiger partial charge is 0.391 e. The average molecular weight is 769 g/mol. The van der Waals surface area contributed by atoms with Crippen LogP contribution in [0.4, 0.5) is 0 Å². The van der Waals surface area contributed by atoms with E-state index in [0.29, 0.717) is 51.1 Å². The second kappa shape index (κ2) is 25.4. The molecule has 0 aromatic heterocycles. The summed E-state index contributed by atoms with van der Waals surface area (Å²) in [5.74, 6) is -0.737. The number of piperidine rings is 1. The van der Waals surface area contributed by atoms with E-state index < -0.39 is 30.1 Å². The summed E-state index contributed by atoms with van der Waals surface area (Å²) in [6, 6.07) is 8.01. The molecule has 1 aromatic carbocycles. The van der Waals surface area contributed by atoms with Crippen LogP contribution in [0.25, 0.3) is 0 Å². The van der Waals surface area contributed by atoms with Crippen molar-refractivity contribution < 1.29 is 29.0 Å². The molecule has 1 heterocycles. The minimum absolute atomic E-state index is 0.0233.